The number of hydrogen-bond acceptors (Lipinski definition) is 3. The lowest BCUT2D eigenvalue weighted by Crippen LogP contribution is -2.04. The van der Waals surface area contributed by atoms with Crippen molar-refractivity contribution in [1.29, 1.82) is 0 Å². The average molecular weight is 719 g/mol. The molecule has 0 aliphatic heterocycles. The number of para-hydroxylation sites is 2. The van der Waals surface area contributed by atoms with Crippen molar-refractivity contribution >= 4 is 43.9 Å². The Morgan fingerprint density at radius 3 is 1.39 bits per heavy atom. The Labute approximate surface area is 323 Å². The topological polar surface area (TPSA) is 44.1 Å². The summed E-state index contributed by atoms with van der Waals surface area (Å²) < 4.78 is 14.6. The summed E-state index contributed by atoms with van der Waals surface area (Å²) in [7, 11) is 0. The Hall–Kier alpha value is -7.43. The van der Waals surface area contributed by atoms with Gasteiger partial charge in [-0.15, -0.1) is 0 Å². The van der Waals surface area contributed by atoms with Crippen molar-refractivity contribution < 1.29 is 8.83 Å². The van der Waals surface area contributed by atoms with Gasteiger partial charge in [0.25, 0.3) is 0 Å². The van der Waals surface area contributed by atoms with Gasteiger partial charge in [-0.3, -0.25) is 4.68 Å². The van der Waals surface area contributed by atoms with Crippen LogP contribution in [0.1, 0.15) is 5.56 Å². The predicted molar refractivity (Wildman–Crippen MR) is 230 cm³/mol. The first kappa shape index (κ1) is 32.0. The van der Waals surface area contributed by atoms with Crippen molar-refractivity contribution in [3.05, 3.63) is 200 Å². The number of benzene rings is 8. The molecule has 3 heterocycles. The van der Waals surface area contributed by atoms with Crippen molar-refractivity contribution in [3.63, 3.8) is 0 Å². The molecule has 0 aliphatic rings. The zero-order valence-electron chi connectivity index (χ0n) is 30.4. The van der Waals surface area contributed by atoms with Crippen LogP contribution in [0.15, 0.2) is 203 Å². The Morgan fingerprint density at radius 1 is 0.339 bits per heavy atom. The first-order chi connectivity index (χ1) is 27.7. The summed E-state index contributed by atoms with van der Waals surface area (Å²) >= 11 is 0. The molecule has 0 fully saturated rings. The Balaban J connectivity index is 1.07. The third-order valence-corrected chi connectivity index (χ3v) is 10.9. The van der Waals surface area contributed by atoms with E-state index in [1.54, 1.807) is 0 Å². The first-order valence-electron chi connectivity index (χ1n) is 19.0. The molecule has 0 amide bonds. The summed E-state index contributed by atoms with van der Waals surface area (Å²) in [5, 5.41) is 9.72. The summed E-state index contributed by atoms with van der Waals surface area (Å²) in [5.41, 5.74) is 15.8. The molecule has 0 atom stereocenters. The maximum absolute atomic E-state index is 6.21. The van der Waals surface area contributed by atoms with Gasteiger partial charge < -0.3 is 8.83 Å². The molecule has 56 heavy (non-hydrogen) atoms. The Bertz CT molecular complexity index is 3070. The van der Waals surface area contributed by atoms with Crippen molar-refractivity contribution in [3.8, 4) is 55.9 Å². The van der Waals surface area contributed by atoms with Crippen LogP contribution in [0, 0.1) is 0 Å². The third kappa shape index (κ3) is 5.67. The SMILES string of the molecule is c1ccc(-c2ccc(-c3cc(-c4ccccc4)nn3Cc3cc(-c4ccc5oc6ccccc6c5c4)cc(-c4ccc5oc6ccccc6c5c4)c3)cc2)cc1. The molecule has 3 aromatic heterocycles. The third-order valence-electron chi connectivity index (χ3n) is 10.9. The van der Waals surface area contributed by atoms with Crippen molar-refractivity contribution in [1.82, 2.24) is 9.78 Å². The molecule has 8 aromatic carbocycles. The molecule has 11 rings (SSSR count). The molecule has 4 nitrogen and oxygen atoms in total. The molecule has 0 bridgehead atoms. The minimum absolute atomic E-state index is 0.581. The maximum Gasteiger partial charge on any atom is 0.135 e. The van der Waals surface area contributed by atoms with Gasteiger partial charge in [-0.2, -0.15) is 5.10 Å². The monoisotopic (exact) mass is 718 g/mol. The first-order valence-corrected chi connectivity index (χ1v) is 19.0. The zero-order chi connectivity index (χ0) is 37.0. The van der Waals surface area contributed by atoms with E-state index in [0.717, 1.165) is 94.2 Å². The van der Waals surface area contributed by atoms with Crippen molar-refractivity contribution in [2.24, 2.45) is 0 Å². The molecule has 264 valence electrons. The maximum atomic E-state index is 6.21. The summed E-state index contributed by atoms with van der Waals surface area (Å²) in [5.74, 6) is 0. The lowest BCUT2D eigenvalue weighted by molar-refractivity contribution is 0.668. The predicted octanol–water partition coefficient (Wildman–Crippen LogP) is 14.1. The molecule has 4 heteroatoms. The van der Waals surface area contributed by atoms with E-state index < -0.39 is 0 Å². The highest BCUT2D eigenvalue weighted by Gasteiger charge is 2.16. The lowest BCUT2D eigenvalue weighted by atomic mass is 9.94. The number of fused-ring (bicyclic) bond motifs is 6. The summed E-state index contributed by atoms with van der Waals surface area (Å²) in [6, 6.07) is 68.5. The van der Waals surface area contributed by atoms with E-state index in [1.165, 1.54) is 11.1 Å². The van der Waals surface area contributed by atoms with Gasteiger partial charge in [0.05, 0.1) is 17.9 Å². The average Bonchev–Trinajstić information content (AvgIpc) is 3.97. The summed E-state index contributed by atoms with van der Waals surface area (Å²) in [6.07, 6.45) is 0. The highest BCUT2D eigenvalue weighted by Crippen LogP contribution is 2.38. The second-order valence-corrected chi connectivity index (χ2v) is 14.4. The van der Waals surface area contributed by atoms with Gasteiger partial charge in [-0.05, 0) is 105 Å². The van der Waals surface area contributed by atoms with Crippen molar-refractivity contribution in [2.75, 3.05) is 0 Å². The Kier molecular flexibility index (Phi) is 7.52. The van der Waals surface area contributed by atoms with E-state index in [4.69, 9.17) is 13.9 Å². The highest BCUT2D eigenvalue weighted by molar-refractivity contribution is 6.07. The second-order valence-electron chi connectivity index (χ2n) is 14.4. The van der Waals surface area contributed by atoms with Gasteiger partial charge in [-0.1, -0.05) is 133 Å². The molecular formula is C52H34N2O2. The molecule has 0 N–H and O–H groups in total. The van der Waals surface area contributed by atoms with E-state index in [9.17, 15) is 0 Å². The summed E-state index contributed by atoms with van der Waals surface area (Å²) in [6.45, 7) is 0.581. The van der Waals surface area contributed by atoms with Crippen LogP contribution >= 0.6 is 0 Å². The number of nitrogens with zero attached hydrogens (tertiary/aromatic N) is 2. The quantitative estimate of drug-likeness (QED) is 0.165. The van der Waals surface area contributed by atoms with Gasteiger partial charge in [0.15, 0.2) is 0 Å². The van der Waals surface area contributed by atoms with Crippen LogP contribution < -0.4 is 0 Å². The fourth-order valence-corrected chi connectivity index (χ4v) is 8.08. The number of hydrogen-bond donors (Lipinski definition) is 0. The largest absolute Gasteiger partial charge is 0.456 e. The number of aromatic nitrogens is 2. The standard InChI is InChI=1S/C52H34N2O2/c1-3-11-35(12-4-1)36-19-21-38(22-20-36)48-32-47(37-13-5-2-6-14-37)53-54(48)33-34-27-41(39-23-25-51-45(30-39)43-15-7-9-17-49(43)55-51)29-42(28-34)40-24-26-52-46(31-40)44-16-8-10-18-50(44)56-52/h1-32H,33H2. The normalized spacial score (nSPS) is 11.6. The highest BCUT2D eigenvalue weighted by atomic mass is 16.3. The molecular weight excluding hydrogens is 685 g/mol. The molecule has 0 spiro atoms. The van der Waals surface area contributed by atoms with Crippen LogP contribution in [-0.4, -0.2) is 9.78 Å². The van der Waals surface area contributed by atoms with E-state index in [2.05, 4.69) is 168 Å². The molecule has 0 aliphatic carbocycles. The van der Waals surface area contributed by atoms with Crippen molar-refractivity contribution in [2.45, 2.75) is 6.54 Å². The van der Waals surface area contributed by atoms with Gasteiger partial charge in [0.2, 0.25) is 0 Å². The van der Waals surface area contributed by atoms with E-state index in [0.29, 0.717) is 6.54 Å². The fraction of sp³-hybridized carbons (Fsp3) is 0.0192. The van der Waals surface area contributed by atoms with Gasteiger partial charge in [0, 0.05) is 27.1 Å². The second kappa shape index (κ2) is 13.2. The molecule has 0 radical (unpaired) electrons. The molecule has 0 unspecified atom stereocenters. The van der Waals surface area contributed by atoms with E-state index >= 15 is 0 Å². The van der Waals surface area contributed by atoms with Crippen LogP contribution in [0.25, 0.3) is 99.8 Å². The van der Waals surface area contributed by atoms with E-state index in [1.807, 2.05) is 30.3 Å². The lowest BCUT2D eigenvalue weighted by Gasteiger charge is -2.13. The summed E-state index contributed by atoms with van der Waals surface area (Å²) in [4.78, 5) is 0. The van der Waals surface area contributed by atoms with Crippen LogP contribution in [0.2, 0.25) is 0 Å². The van der Waals surface area contributed by atoms with E-state index in [-0.39, 0.29) is 0 Å². The van der Waals surface area contributed by atoms with Gasteiger partial charge in [0.1, 0.15) is 22.3 Å². The minimum Gasteiger partial charge on any atom is -0.456 e. The smallest absolute Gasteiger partial charge is 0.135 e. The fourth-order valence-electron chi connectivity index (χ4n) is 8.08. The van der Waals surface area contributed by atoms with Crippen LogP contribution in [-0.2, 0) is 6.54 Å². The molecule has 11 aromatic rings. The molecule has 0 saturated heterocycles. The minimum atomic E-state index is 0.581. The zero-order valence-corrected chi connectivity index (χ0v) is 30.4. The van der Waals surface area contributed by atoms with Gasteiger partial charge >= 0.3 is 0 Å². The number of rotatable bonds is 7. The Morgan fingerprint density at radius 2 is 0.804 bits per heavy atom. The van der Waals surface area contributed by atoms with Crippen LogP contribution in [0.4, 0.5) is 0 Å². The van der Waals surface area contributed by atoms with Gasteiger partial charge in [-0.25, -0.2) is 0 Å². The molecule has 0 saturated carbocycles. The van der Waals surface area contributed by atoms with Crippen LogP contribution in [0.5, 0.6) is 0 Å². The number of furan rings is 2. The van der Waals surface area contributed by atoms with Crippen LogP contribution in [0.3, 0.4) is 0 Å².